The van der Waals surface area contributed by atoms with Crippen molar-refractivity contribution in [3.63, 3.8) is 0 Å². The number of furan rings is 1. The van der Waals surface area contributed by atoms with Crippen LogP contribution in [0.25, 0.3) is 11.6 Å². The van der Waals surface area contributed by atoms with E-state index >= 15 is 0 Å². The number of carbonyl (C=O) groups is 2. The number of carbonyl (C=O) groups excluding carboxylic acids is 2. The lowest BCUT2D eigenvalue weighted by Crippen LogP contribution is -2.35. The molecular formula is C18H16BrN5O3S. The molecule has 28 heavy (non-hydrogen) atoms. The fourth-order valence-electron chi connectivity index (χ4n) is 2.27. The lowest BCUT2D eigenvalue weighted by molar-refractivity contribution is -0.117. The van der Waals surface area contributed by atoms with E-state index in [0.717, 1.165) is 4.47 Å². The average molecular weight is 462 g/mol. The third kappa shape index (κ3) is 5.11. The Kier molecular flexibility index (Phi) is 6.66. The summed E-state index contributed by atoms with van der Waals surface area (Å²) in [4.78, 5) is 24.0. The highest BCUT2D eigenvalue weighted by molar-refractivity contribution is 9.10. The third-order valence-electron chi connectivity index (χ3n) is 3.46. The van der Waals surface area contributed by atoms with Crippen LogP contribution in [0.15, 0.2) is 69.4 Å². The Balaban J connectivity index is 1.57. The Morgan fingerprint density at radius 3 is 2.71 bits per heavy atom. The number of thioether (sulfide) groups is 1. The number of amides is 3. The van der Waals surface area contributed by atoms with Crippen LogP contribution in [0, 0.1) is 0 Å². The molecule has 3 amide bonds. The molecule has 3 rings (SSSR count). The highest BCUT2D eigenvalue weighted by Gasteiger charge is 2.17. The van der Waals surface area contributed by atoms with Crippen LogP contribution in [0.1, 0.15) is 0 Å². The Morgan fingerprint density at radius 1 is 1.25 bits per heavy atom. The second-order valence-corrected chi connectivity index (χ2v) is 7.34. The van der Waals surface area contributed by atoms with Crippen LogP contribution >= 0.6 is 27.7 Å². The van der Waals surface area contributed by atoms with Gasteiger partial charge in [0.05, 0.1) is 12.0 Å². The summed E-state index contributed by atoms with van der Waals surface area (Å²) < 4.78 is 8.04. The van der Waals surface area contributed by atoms with E-state index < -0.39 is 11.9 Å². The van der Waals surface area contributed by atoms with Crippen LogP contribution in [0.3, 0.4) is 0 Å². The molecule has 0 bridgehead atoms. The molecule has 0 aliphatic heterocycles. The van der Waals surface area contributed by atoms with Gasteiger partial charge in [-0.1, -0.05) is 33.8 Å². The second-order valence-electron chi connectivity index (χ2n) is 5.48. The molecule has 0 atom stereocenters. The summed E-state index contributed by atoms with van der Waals surface area (Å²) in [6.45, 7) is 4.18. The van der Waals surface area contributed by atoms with Gasteiger partial charge in [0.1, 0.15) is 0 Å². The van der Waals surface area contributed by atoms with Gasteiger partial charge in [0, 0.05) is 16.7 Å². The molecular weight excluding hydrogens is 446 g/mol. The molecule has 0 fully saturated rings. The zero-order valence-corrected chi connectivity index (χ0v) is 17.0. The van der Waals surface area contributed by atoms with Gasteiger partial charge in [0.25, 0.3) is 0 Å². The maximum Gasteiger partial charge on any atom is 0.325 e. The molecule has 0 saturated heterocycles. The van der Waals surface area contributed by atoms with Crippen LogP contribution in [0.4, 0.5) is 10.5 Å². The zero-order chi connectivity index (χ0) is 19.9. The summed E-state index contributed by atoms with van der Waals surface area (Å²) in [6.07, 6.45) is 3.25. The van der Waals surface area contributed by atoms with E-state index in [-0.39, 0.29) is 5.75 Å². The van der Waals surface area contributed by atoms with Crippen molar-refractivity contribution in [2.45, 2.75) is 11.7 Å². The van der Waals surface area contributed by atoms with Gasteiger partial charge in [0.15, 0.2) is 10.9 Å². The van der Waals surface area contributed by atoms with E-state index in [1.165, 1.54) is 11.8 Å². The quantitative estimate of drug-likeness (QED) is 0.408. The van der Waals surface area contributed by atoms with Gasteiger partial charge in [-0.25, -0.2) is 4.79 Å². The summed E-state index contributed by atoms with van der Waals surface area (Å²) in [5.41, 5.74) is 0.579. The molecule has 0 aliphatic rings. The number of imide groups is 1. The number of hydrogen-bond acceptors (Lipinski definition) is 6. The van der Waals surface area contributed by atoms with Crippen molar-refractivity contribution in [2.24, 2.45) is 0 Å². The number of rotatable bonds is 7. The number of allylic oxidation sites excluding steroid dienone is 1. The van der Waals surface area contributed by atoms with Crippen molar-refractivity contribution >= 4 is 45.3 Å². The smallest absolute Gasteiger partial charge is 0.325 e. The van der Waals surface area contributed by atoms with Crippen LogP contribution in [0.2, 0.25) is 0 Å². The van der Waals surface area contributed by atoms with Crippen molar-refractivity contribution in [2.75, 3.05) is 11.1 Å². The summed E-state index contributed by atoms with van der Waals surface area (Å²) in [5, 5.41) is 13.6. The molecule has 2 N–H and O–H groups in total. The van der Waals surface area contributed by atoms with E-state index in [1.54, 1.807) is 53.3 Å². The summed E-state index contributed by atoms with van der Waals surface area (Å²) in [6, 6.07) is 9.95. The zero-order valence-electron chi connectivity index (χ0n) is 14.6. The molecule has 2 aromatic heterocycles. The largest absolute Gasteiger partial charge is 0.461 e. The lowest BCUT2D eigenvalue weighted by atomic mass is 10.3. The number of nitrogens with zero attached hydrogens (tertiary/aromatic N) is 3. The molecule has 0 spiro atoms. The maximum absolute atomic E-state index is 12.1. The Morgan fingerprint density at radius 2 is 2.04 bits per heavy atom. The number of urea groups is 1. The first kappa shape index (κ1) is 19.9. The molecule has 144 valence electrons. The fourth-order valence-corrected chi connectivity index (χ4v) is 3.28. The van der Waals surface area contributed by atoms with Crippen LogP contribution in [-0.2, 0) is 11.3 Å². The maximum atomic E-state index is 12.1. The van der Waals surface area contributed by atoms with Crippen LogP contribution < -0.4 is 10.6 Å². The summed E-state index contributed by atoms with van der Waals surface area (Å²) in [7, 11) is 0. The molecule has 8 nitrogen and oxygen atoms in total. The Labute approximate surface area is 173 Å². The number of hydrogen-bond donors (Lipinski definition) is 2. The van der Waals surface area contributed by atoms with Crippen molar-refractivity contribution in [3.05, 3.63) is 59.8 Å². The number of aromatic nitrogens is 3. The minimum atomic E-state index is -0.600. The number of nitrogens with one attached hydrogen (secondary N) is 2. The average Bonchev–Trinajstić information content (AvgIpc) is 3.32. The Hall–Kier alpha value is -2.85. The molecule has 3 aromatic rings. The van der Waals surface area contributed by atoms with Gasteiger partial charge in [-0.3, -0.25) is 14.7 Å². The normalized spacial score (nSPS) is 10.5. The topological polar surface area (TPSA) is 102 Å². The van der Waals surface area contributed by atoms with Gasteiger partial charge in [-0.15, -0.1) is 16.8 Å². The van der Waals surface area contributed by atoms with Gasteiger partial charge in [-0.05, 0) is 36.4 Å². The highest BCUT2D eigenvalue weighted by atomic mass is 79.9. The van der Waals surface area contributed by atoms with E-state index in [4.69, 9.17) is 4.42 Å². The SMILES string of the molecule is C=CCn1c(SCC(=O)NC(=O)Nc2ccc(Br)cc2)nnc1-c1ccco1. The first-order valence-corrected chi connectivity index (χ1v) is 9.92. The molecule has 1 aromatic carbocycles. The molecule has 0 unspecified atom stereocenters. The first-order chi connectivity index (χ1) is 13.6. The Bertz CT molecular complexity index is 970. The lowest BCUT2D eigenvalue weighted by Gasteiger charge is -2.08. The monoisotopic (exact) mass is 461 g/mol. The van der Waals surface area contributed by atoms with Crippen LogP contribution in [0.5, 0.6) is 0 Å². The third-order valence-corrected chi connectivity index (χ3v) is 4.95. The predicted molar refractivity (Wildman–Crippen MR) is 110 cm³/mol. The fraction of sp³-hybridized carbons (Fsp3) is 0.111. The minimum Gasteiger partial charge on any atom is -0.461 e. The number of benzene rings is 1. The van der Waals surface area contributed by atoms with E-state index in [9.17, 15) is 9.59 Å². The molecule has 0 radical (unpaired) electrons. The van der Waals surface area contributed by atoms with E-state index in [2.05, 4.69) is 43.3 Å². The van der Waals surface area contributed by atoms with Crippen molar-refractivity contribution in [1.82, 2.24) is 20.1 Å². The van der Waals surface area contributed by atoms with E-state index in [1.807, 2.05) is 0 Å². The van der Waals surface area contributed by atoms with Gasteiger partial charge in [-0.2, -0.15) is 0 Å². The minimum absolute atomic E-state index is 0.00118. The molecule has 10 heteroatoms. The summed E-state index contributed by atoms with van der Waals surface area (Å²) >= 11 is 4.48. The van der Waals surface area contributed by atoms with Gasteiger partial charge < -0.3 is 9.73 Å². The van der Waals surface area contributed by atoms with Gasteiger partial charge >= 0.3 is 6.03 Å². The van der Waals surface area contributed by atoms with Gasteiger partial charge in [0.2, 0.25) is 11.7 Å². The van der Waals surface area contributed by atoms with Crippen molar-refractivity contribution in [3.8, 4) is 11.6 Å². The van der Waals surface area contributed by atoms with Crippen molar-refractivity contribution in [1.29, 1.82) is 0 Å². The van der Waals surface area contributed by atoms with Crippen molar-refractivity contribution < 1.29 is 14.0 Å². The standard InChI is InChI=1S/C18H16BrN5O3S/c1-2-9-24-16(14-4-3-10-27-14)22-23-18(24)28-11-15(25)21-17(26)20-13-7-5-12(19)6-8-13/h2-8,10H,1,9,11H2,(H2,20,21,25,26). The molecule has 2 heterocycles. The van der Waals surface area contributed by atoms with Crippen LogP contribution in [-0.4, -0.2) is 32.5 Å². The van der Waals surface area contributed by atoms with E-state index in [0.29, 0.717) is 29.0 Å². The molecule has 0 saturated carbocycles. The molecule has 0 aliphatic carbocycles. The second kappa shape index (κ2) is 9.38. The highest BCUT2D eigenvalue weighted by Crippen LogP contribution is 2.24. The first-order valence-electron chi connectivity index (χ1n) is 8.14. The number of anilines is 1. The predicted octanol–water partition coefficient (Wildman–Crippen LogP) is 3.93. The number of halogens is 1. The summed E-state index contributed by atoms with van der Waals surface area (Å²) in [5.74, 6) is 0.661.